The summed E-state index contributed by atoms with van der Waals surface area (Å²) in [6.45, 7) is 11.2. The Morgan fingerprint density at radius 1 is 0.839 bits per heavy atom. The molecule has 0 bridgehead atoms. The maximum absolute atomic E-state index is 3.78. The van der Waals surface area contributed by atoms with Gasteiger partial charge in [0.2, 0.25) is 0 Å². The second kappa shape index (κ2) is 8.96. The van der Waals surface area contributed by atoms with E-state index < -0.39 is 0 Å². The number of allylic oxidation sites excluding steroid dienone is 1. The first kappa shape index (κ1) is 22.4. The first-order chi connectivity index (χ1) is 14.8. The highest BCUT2D eigenvalue weighted by molar-refractivity contribution is 9.10. The second-order valence-electron chi connectivity index (χ2n) is 9.07. The van der Waals surface area contributed by atoms with Gasteiger partial charge >= 0.3 is 0 Å². The molecule has 0 radical (unpaired) electrons. The molecule has 1 aliphatic rings. The molecule has 0 aliphatic heterocycles. The summed E-state index contributed by atoms with van der Waals surface area (Å²) in [5, 5.41) is 0. The van der Waals surface area contributed by atoms with Crippen LogP contribution >= 0.6 is 31.9 Å². The second-order valence-corrected chi connectivity index (χ2v) is 10.8. The van der Waals surface area contributed by atoms with Crippen molar-refractivity contribution >= 4 is 55.0 Å². The van der Waals surface area contributed by atoms with Gasteiger partial charge in [0, 0.05) is 20.3 Å². The van der Waals surface area contributed by atoms with Crippen LogP contribution in [0.4, 0.5) is 17.1 Å². The Morgan fingerprint density at radius 3 is 2.16 bits per heavy atom. The first-order valence-electron chi connectivity index (χ1n) is 10.9. The predicted octanol–water partition coefficient (Wildman–Crippen LogP) is 9.46. The SMILES string of the molecule is CC1=Cc2c(Br)ccc(N(c3ccc(C)cc3)c3ccc(Br)c(C)c3CC(C)C)c2C1. The molecule has 1 aliphatic carbocycles. The van der Waals surface area contributed by atoms with Gasteiger partial charge in [0.05, 0.1) is 5.69 Å². The fourth-order valence-corrected chi connectivity index (χ4v) is 5.30. The van der Waals surface area contributed by atoms with Gasteiger partial charge in [0.15, 0.2) is 0 Å². The molecule has 0 spiro atoms. The van der Waals surface area contributed by atoms with Gasteiger partial charge in [-0.05, 0) is 98.2 Å². The number of halogens is 2. The summed E-state index contributed by atoms with van der Waals surface area (Å²) < 4.78 is 2.34. The van der Waals surface area contributed by atoms with E-state index in [1.165, 1.54) is 59.4 Å². The number of hydrogen-bond donors (Lipinski definition) is 0. The van der Waals surface area contributed by atoms with Gasteiger partial charge in [0.25, 0.3) is 0 Å². The van der Waals surface area contributed by atoms with E-state index in [9.17, 15) is 0 Å². The lowest BCUT2D eigenvalue weighted by Crippen LogP contribution is -2.16. The van der Waals surface area contributed by atoms with Crippen molar-refractivity contribution in [3.8, 4) is 0 Å². The van der Waals surface area contributed by atoms with Crippen LogP contribution in [0.5, 0.6) is 0 Å². The number of rotatable bonds is 5. The zero-order chi connectivity index (χ0) is 22.3. The Bertz CT molecular complexity index is 1160. The van der Waals surface area contributed by atoms with E-state index in [0.717, 1.165) is 12.8 Å². The van der Waals surface area contributed by atoms with E-state index in [0.29, 0.717) is 5.92 Å². The predicted molar refractivity (Wildman–Crippen MR) is 142 cm³/mol. The molecule has 0 atom stereocenters. The molecule has 0 aromatic heterocycles. The third-order valence-electron chi connectivity index (χ3n) is 6.02. The molecule has 160 valence electrons. The Hall–Kier alpha value is -1.84. The number of nitrogens with zero attached hydrogens (tertiary/aromatic N) is 1. The van der Waals surface area contributed by atoms with E-state index >= 15 is 0 Å². The van der Waals surface area contributed by atoms with Crippen LogP contribution in [0.1, 0.15) is 48.6 Å². The molecular weight excluding hydrogens is 510 g/mol. The Balaban J connectivity index is 1.99. The number of fused-ring (bicyclic) bond motifs is 1. The number of anilines is 3. The molecule has 0 N–H and O–H groups in total. The molecule has 0 unspecified atom stereocenters. The van der Waals surface area contributed by atoms with Crippen LogP contribution in [0, 0.1) is 19.8 Å². The third-order valence-corrected chi connectivity index (χ3v) is 7.57. The molecule has 4 rings (SSSR count). The topological polar surface area (TPSA) is 3.24 Å². The van der Waals surface area contributed by atoms with Gasteiger partial charge in [-0.3, -0.25) is 0 Å². The van der Waals surface area contributed by atoms with Crippen LogP contribution in [-0.2, 0) is 12.8 Å². The molecule has 3 heteroatoms. The molecule has 3 aromatic rings. The summed E-state index contributed by atoms with van der Waals surface area (Å²) in [6, 6.07) is 17.8. The fourth-order valence-electron chi connectivity index (χ4n) is 4.44. The lowest BCUT2D eigenvalue weighted by molar-refractivity contribution is 0.645. The molecular formula is C28H29Br2N. The van der Waals surface area contributed by atoms with Crippen molar-refractivity contribution in [3.05, 3.63) is 90.9 Å². The average Bonchev–Trinajstić information content (AvgIpc) is 3.12. The molecule has 31 heavy (non-hydrogen) atoms. The molecule has 1 nitrogen and oxygen atoms in total. The summed E-state index contributed by atoms with van der Waals surface area (Å²) in [7, 11) is 0. The quantitative estimate of drug-likeness (QED) is 0.312. The van der Waals surface area contributed by atoms with Crippen LogP contribution in [-0.4, -0.2) is 0 Å². The monoisotopic (exact) mass is 537 g/mol. The van der Waals surface area contributed by atoms with Crippen molar-refractivity contribution in [3.63, 3.8) is 0 Å². The minimum absolute atomic E-state index is 0.575. The molecule has 0 heterocycles. The zero-order valence-electron chi connectivity index (χ0n) is 18.9. The summed E-state index contributed by atoms with van der Waals surface area (Å²) in [5.74, 6) is 0.575. The van der Waals surface area contributed by atoms with E-state index in [1.807, 2.05) is 0 Å². The highest BCUT2D eigenvalue weighted by Crippen LogP contribution is 2.45. The molecule has 0 saturated carbocycles. The zero-order valence-corrected chi connectivity index (χ0v) is 22.1. The lowest BCUT2D eigenvalue weighted by atomic mass is 9.95. The van der Waals surface area contributed by atoms with Crippen molar-refractivity contribution in [2.24, 2.45) is 5.92 Å². The molecule has 0 saturated heterocycles. The molecule has 3 aromatic carbocycles. The highest BCUT2D eigenvalue weighted by Gasteiger charge is 2.25. The number of benzene rings is 3. The van der Waals surface area contributed by atoms with Crippen LogP contribution in [0.2, 0.25) is 0 Å². The first-order valence-corrected chi connectivity index (χ1v) is 12.5. The Labute approximate surface area is 203 Å². The third kappa shape index (κ3) is 4.40. The standard InChI is InChI=1S/C28H29Br2N/c1-17(2)14-22-20(5)25(29)10-12-27(22)31(21-8-6-18(3)7-9-21)28-13-11-26(30)23-15-19(4)16-24(23)28/h6-13,15,17H,14,16H2,1-5H3. The lowest BCUT2D eigenvalue weighted by Gasteiger charge is -2.31. The summed E-state index contributed by atoms with van der Waals surface area (Å²) >= 11 is 7.55. The van der Waals surface area contributed by atoms with Crippen molar-refractivity contribution in [1.29, 1.82) is 0 Å². The maximum atomic E-state index is 3.78. The van der Waals surface area contributed by atoms with Crippen molar-refractivity contribution in [1.82, 2.24) is 0 Å². The van der Waals surface area contributed by atoms with Crippen LogP contribution in [0.25, 0.3) is 6.08 Å². The van der Waals surface area contributed by atoms with Crippen LogP contribution in [0.15, 0.2) is 63.0 Å². The van der Waals surface area contributed by atoms with E-state index in [-0.39, 0.29) is 0 Å². The fraction of sp³-hybridized carbons (Fsp3) is 0.286. The van der Waals surface area contributed by atoms with Crippen molar-refractivity contribution in [2.45, 2.75) is 47.5 Å². The molecule has 0 amide bonds. The largest absolute Gasteiger partial charge is 0.310 e. The highest BCUT2D eigenvalue weighted by atomic mass is 79.9. The average molecular weight is 539 g/mol. The Morgan fingerprint density at radius 2 is 1.48 bits per heavy atom. The van der Waals surface area contributed by atoms with Gasteiger partial charge in [0.1, 0.15) is 0 Å². The van der Waals surface area contributed by atoms with Gasteiger partial charge in [-0.25, -0.2) is 0 Å². The van der Waals surface area contributed by atoms with E-state index in [2.05, 4.69) is 126 Å². The smallest absolute Gasteiger partial charge is 0.0503 e. The van der Waals surface area contributed by atoms with E-state index in [4.69, 9.17) is 0 Å². The molecule has 0 fully saturated rings. The number of aryl methyl sites for hydroxylation is 1. The van der Waals surface area contributed by atoms with Crippen molar-refractivity contribution in [2.75, 3.05) is 4.90 Å². The maximum Gasteiger partial charge on any atom is 0.0503 e. The Kier molecular flexibility index (Phi) is 6.46. The van der Waals surface area contributed by atoms with Crippen molar-refractivity contribution < 1.29 is 0 Å². The van der Waals surface area contributed by atoms with Crippen LogP contribution in [0.3, 0.4) is 0 Å². The van der Waals surface area contributed by atoms with E-state index in [1.54, 1.807) is 0 Å². The van der Waals surface area contributed by atoms with Crippen LogP contribution < -0.4 is 4.90 Å². The van der Waals surface area contributed by atoms with Gasteiger partial charge in [-0.2, -0.15) is 0 Å². The number of hydrogen-bond acceptors (Lipinski definition) is 1. The van der Waals surface area contributed by atoms with Gasteiger partial charge in [-0.1, -0.05) is 75.1 Å². The normalized spacial score (nSPS) is 12.8. The van der Waals surface area contributed by atoms with Gasteiger partial charge < -0.3 is 4.90 Å². The summed E-state index contributed by atoms with van der Waals surface area (Å²) in [6.07, 6.45) is 4.35. The summed E-state index contributed by atoms with van der Waals surface area (Å²) in [4.78, 5) is 2.47. The minimum Gasteiger partial charge on any atom is -0.310 e. The summed E-state index contributed by atoms with van der Waals surface area (Å²) in [5.41, 5.74) is 11.9. The van der Waals surface area contributed by atoms with Gasteiger partial charge in [-0.15, -0.1) is 0 Å². The minimum atomic E-state index is 0.575.